The first-order valence-corrected chi connectivity index (χ1v) is 4.71. The van der Waals surface area contributed by atoms with Gasteiger partial charge in [-0.05, 0) is 32.4 Å². The van der Waals surface area contributed by atoms with Gasteiger partial charge in [-0.15, -0.1) is 0 Å². The monoisotopic (exact) mass is 229 g/mol. The Morgan fingerprint density at radius 1 is 1.31 bits per heavy atom. The maximum absolute atomic E-state index is 13.3. The van der Waals surface area contributed by atoms with E-state index in [0.29, 0.717) is 0 Å². The first-order valence-electron chi connectivity index (χ1n) is 4.71. The van der Waals surface area contributed by atoms with Gasteiger partial charge in [0.05, 0.1) is 5.69 Å². The van der Waals surface area contributed by atoms with Gasteiger partial charge in [0, 0.05) is 6.07 Å². The smallest absolute Gasteiger partial charge is 0.255 e. The minimum absolute atomic E-state index is 0.152. The number of halogens is 2. The van der Waals surface area contributed by atoms with Crippen LogP contribution in [0.5, 0.6) is 0 Å². The number of rotatable bonds is 2. The van der Waals surface area contributed by atoms with E-state index >= 15 is 0 Å². The lowest BCUT2D eigenvalue weighted by Gasteiger charge is -2.17. The average Bonchev–Trinajstić information content (AvgIpc) is 2.12. The van der Waals surface area contributed by atoms with Crippen molar-refractivity contribution < 1.29 is 18.7 Å². The molecule has 1 aromatic rings. The van der Waals surface area contributed by atoms with Gasteiger partial charge in [-0.1, -0.05) is 0 Å². The van der Waals surface area contributed by atoms with Crippen LogP contribution in [0.3, 0.4) is 0 Å². The van der Waals surface area contributed by atoms with E-state index < -0.39 is 23.1 Å². The molecule has 5 heteroatoms. The highest BCUT2D eigenvalue weighted by Gasteiger charge is 2.24. The van der Waals surface area contributed by atoms with E-state index in [2.05, 4.69) is 5.32 Å². The lowest BCUT2D eigenvalue weighted by molar-refractivity contribution is -0.130. The van der Waals surface area contributed by atoms with Crippen LogP contribution in [0.4, 0.5) is 14.5 Å². The van der Waals surface area contributed by atoms with E-state index in [0.717, 1.165) is 12.1 Å². The van der Waals surface area contributed by atoms with Crippen molar-refractivity contribution in [1.29, 1.82) is 0 Å². The third kappa shape index (κ3) is 2.76. The van der Waals surface area contributed by atoms with Gasteiger partial charge in [-0.2, -0.15) is 0 Å². The van der Waals surface area contributed by atoms with Crippen LogP contribution in [0, 0.1) is 18.6 Å². The van der Waals surface area contributed by atoms with Crippen LogP contribution in [0.15, 0.2) is 12.1 Å². The average molecular weight is 229 g/mol. The van der Waals surface area contributed by atoms with Crippen LogP contribution >= 0.6 is 0 Å². The number of aryl methyl sites for hydroxylation is 1. The highest BCUT2D eigenvalue weighted by Crippen LogP contribution is 2.19. The van der Waals surface area contributed by atoms with Crippen LogP contribution in [-0.4, -0.2) is 16.6 Å². The highest BCUT2D eigenvalue weighted by atomic mass is 19.1. The fourth-order valence-corrected chi connectivity index (χ4v) is 1.02. The number of benzene rings is 1. The van der Waals surface area contributed by atoms with Crippen molar-refractivity contribution in [2.45, 2.75) is 26.4 Å². The molecule has 0 unspecified atom stereocenters. The molecule has 0 heterocycles. The van der Waals surface area contributed by atoms with E-state index in [4.69, 9.17) is 0 Å². The van der Waals surface area contributed by atoms with Gasteiger partial charge >= 0.3 is 0 Å². The molecule has 0 saturated heterocycles. The largest absolute Gasteiger partial charge is 0.381 e. The molecule has 0 spiro atoms. The van der Waals surface area contributed by atoms with Gasteiger partial charge in [0.2, 0.25) is 0 Å². The van der Waals surface area contributed by atoms with E-state index in [-0.39, 0.29) is 11.3 Å². The van der Waals surface area contributed by atoms with Crippen molar-refractivity contribution in [2.24, 2.45) is 0 Å². The summed E-state index contributed by atoms with van der Waals surface area (Å²) in [5.74, 6) is -2.15. The number of nitrogens with one attached hydrogen (secondary N) is 1. The lowest BCUT2D eigenvalue weighted by atomic mass is 10.1. The van der Waals surface area contributed by atoms with Gasteiger partial charge in [-0.3, -0.25) is 4.79 Å². The fraction of sp³-hybridized carbons (Fsp3) is 0.364. The van der Waals surface area contributed by atoms with Crippen LogP contribution in [0.2, 0.25) is 0 Å². The summed E-state index contributed by atoms with van der Waals surface area (Å²) in [5.41, 5.74) is -1.78. The summed E-state index contributed by atoms with van der Waals surface area (Å²) in [6, 6.07) is 1.86. The summed E-state index contributed by atoms with van der Waals surface area (Å²) in [6.07, 6.45) is 0. The molecule has 1 amide bonds. The molecule has 0 radical (unpaired) electrons. The second-order valence-corrected chi connectivity index (χ2v) is 4.09. The topological polar surface area (TPSA) is 49.3 Å². The molecule has 2 N–H and O–H groups in total. The third-order valence-electron chi connectivity index (χ3n) is 2.05. The van der Waals surface area contributed by atoms with Crippen molar-refractivity contribution in [3.63, 3.8) is 0 Å². The summed E-state index contributed by atoms with van der Waals surface area (Å²) in [7, 11) is 0. The Morgan fingerprint density at radius 3 is 2.38 bits per heavy atom. The molecule has 16 heavy (non-hydrogen) atoms. The van der Waals surface area contributed by atoms with E-state index in [1.165, 1.54) is 20.8 Å². The van der Waals surface area contributed by atoms with Crippen LogP contribution in [-0.2, 0) is 4.79 Å². The minimum atomic E-state index is -1.65. The summed E-state index contributed by atoms with van der Waals surface area (Å²) >= 11 is 0. The number of amides is 1. The zero-order chi connectivity index (χ0) is 12.5. The molecule has 0 aromatic heterocycles. The predicted molar refractivity (Wildman–Crippen MR) is 56.0 cm³/mol. The number of hydrogen-bond acceptors (Lipinski definition) is 2. The summed E-state index contributed by atoms with van der Waals surface area (Å²) in [5, 5.41) is 11.4. The fourth-order valence-electron chi connectivity index (χ4n) is 1.02. The summed E-state index contributed by atoms with van der Waals surface area (Å²) in [4.78, 5) is 11.3. The predicted octanol–water partition coefficient (Wildman–Crippen LogP) is 1.98. The van der Waals surface area contributed by atoms with Crippen LogP contribution < -0.4 is 5.32 Å². The molecule has 1 aromatic carbocycles. The Balaban J connectivity index is 2.99. The number of carbonyl (C=O) groups is 1. The van der Waals surface area contributed by atoms with Crippen molar-refractivity contribution in [2.75, 3.05) is 5.32 Å². The van der Waals surface area contributed by atoms with Crippen molar-refractivity contribution in [3.05, 3.63) is 29.3 Å². The minimum Gasteiger partial charge on any atom is -0.381 e. The van der Waals surface area contributed by atoms with Crippen LogP contribution in [0.1, 0.15) is 19.4 Å². The molecule has 0 bridgehead atoms. The molecule has 0 aliphatic carbocycles. The van der Waals surface area contributed by atoms with Gasteiger partial charge in [0.1, 0.15) is 17.2 Å². The quantitative estimate of drug-likeness (QED) is 0.814. The number of anilines is 1. The zero-order valence-corrected chi connectivity index (χ0v) is 9.27. The van der Waals surface area contributed by atoms with Gasteiger partial charge < -0.3 is 10.4 Å². The molecular formula is C11H13F2NO2. The Hall–Kier alpha value is -1.49. The third-order valence-corrected chi connectivity index (χ3v) is 2.05. The molecule has 1 rings (SSSR count). The SMILES string of the molecule is Cc1cc(F)c(NC(=O)C(C)(C)O)cc1F. The maximum Gasteiger partial charge on any atom is 0.255 e. The molecule has 0 atom stereocenters. The number of carbonyl (C=O) groups excluding carboxylic acids is 1. The first-order chi connectivity index (χ1) is 7.21. The van der Waals surface area contributed by atoms with E-state index in [9.17, 15) is 18.7 Å². The van der Waals surface area contributed by atoms with E-state index in [1.54, 1.807) is 0 Å². The summed E-state index contributed by atoms with van der Waals surface area (Å²) in [6.45, 7) is 3.93. The standard InChI is InChI=1S/C11H13F2NO2/c1-6-4-8(13)9(5-7(6)12)14-10(15)11(2,3)16/h4-5,16H,1-3H3,(H,14,15). The maximum atomic E-state index is 13.3. The van der Waals surface area contributed by atoms with Gasteiger partial charge in [0.25, 0.3) is 5.91 Å². The molecule has 0 aliphatic heterocycles. The molecule has 0 fully saturated rings. The summed E-state index contributed by atoms with van der Waals surface area (Å²) < 4.78 is 26.4. The molecular weight excluding hydrogens is 216 g/mol. The zero-order valence-electron chi connectivity index (χ0n) is 9.27. The Labute approximate surface area is 92.1 Å². The number of hydrogen-bond donors (Lipinski definition) is 2. The van der Waals surface area contributed by atoms with Crippen LogP contribution in [0.25, 0.3) is 0 Å². The molecule has 0 saturated carbocycles. The molecule has 3 nitrogen and oxygen atoms in total. The lowest BCUT2D eigenvalue weighted by Crippen LogP contribution is -2.36. The van der Waals surface area contributed by atoms with Gasteiger partial charge in [-0.25, -0.2) is 8.78 Å². The Bertz CT molecular complexity index is 425. The normalized spacial score (nSPS) is 11.4. The van der Waals surface area contributed by atoms with Crippen molar-refractivity contribution in [3.8, 4) is 0 Å². The molecule has 0 aliphatic rings. The highest BCUT2D eigenvalue weighted by molar-refractivity contribution is 5.96. The van der Waals surface area contributed by atoms with Crippen molar-refractivity contribution >= 4 is 11.6 Å². The first kappa shape index (κ1) is 12.6. The second-order valence-electron chi connectivity index (χ2n) is 4.09. The molecule has 88 valence electrons. The van der Waals surface area contributed by atoms with E-state index in [1.807, 2.05) is 0 Å². The van der Waals surface area contributed by atoms with Gasteiger partial charge in [0.15, 0.2) is 0 Å². The Kier molecular flexibility index (Phi) is 3.28. The Morgan fingerprint density at radius 2 is 1.88 bits per heavy atom. The second kappa shape index (κ2) is 4.17. The number of aliphatic hydroxyl groups is 1. The van der Waals surface area contributed by atoms with Crippen molar-refractivity contribution in [1.82, 2.24) is 0 Å².